The van der Waals surface area contributed by atoms with Crippen molar-refractivity contribution in [3.05, 3.63) is 33.1 Å². The van der Waals surface area contributed by atoms with Crippen molar-refractivity contribution in [2.24, 2.45) is 7.05 Å². The molecule has 0 saturated heterocycles. The fraction of sp³-hybridized carbons (Fsp3) is 0.583. The van der Waals surface area contributed by atoms with Gasteiger partial charge in [-0.25, -0.2) is 4.79 Å². The average molecular weight is 301 g/mol. The zero-order valence-electron chi connectivity index (χ0n) is 11.7. The number of aliphatic hydroxyl groups is 1. The van der Waals surface area contributed by atoms with E-state index in [0.29, 0.717) is 0 Å². The predicted octanol–water partition coefficient (Wildman–Crippen LogP) is -1.22. The van der Waals surface area contributed by atoms with Crippen LogP contribution in [0.25, 0.3) is 0 Å². The minimum Gasteiger partial charge on any atom is -0.395 e. The largest absolute Gasteiger partial charge is 0.395 e. The molecule has 0 fully saturated rings. The van der Waals surface area contributed by atoms with Crippen LogP contribution in [-0.2, 0) is 18.4 Å². The van der Waals surface area contributed by atoms with Gasteiger partial charge in [0.15, 0.2) is 0 Å². The summed E-state index contributed by atoms with van der Waals surface area (Å²) < 4.78 is 2.10. The van der Waals surface area contributed by atoms with Gasteiger partial charge >= 0.3 is 5.69 Å². The van der Waals surface area contributed by atoms with Crippen LogP contribution >= 0.6 is 11.8 Å². The van der Waals surface area contributed by atoms with E-state index in [1.165, 1.54) is 31.1 Å². The number of carbonyl (C=O) groups excluding carboxylic acids is 1. The average Bonchev–Trinajstić information content (AvgIpc) is 2.41. The summed E-state index contributed by atoms with van der Waals surface area (Å²) in [6.45, 7) is 1.59. The normalized spacial score (nSPS) is 13.8. The first-order chi connectivity index (χ1) is 9.40. The van der Waals surface area contributed by atoms with Gasteiger partial charge in [-0.3, -0.25) is 18.7 Å². The first-order valence-electron chi connectivity index (χ1n) is 6.10. The third kappa shape index (κ3) is 3.97. The summed E-state index contributed by atoms with van der Waals surface area (Å²) in [4.78, 5) is 34.9. The van der Waals surface area contributed by atoms with Gasteiger partial charge in [0, 0.05) is 30.6 Å². The number of hydrogen-bond acceptors (Lipinski definition) is 5. The molecule has 0 aliphatic carbocycles. The maximum absolute atomic E-state index is 11.9. The van der Waals surface area contributed by atoms with Crippen LogP contribution in [0.2, 0.25) is 0 Å². The molecule has 7 nitrogen and oxygen atoms in total. The number of nitrogens with zero attached hydrogens (tertiary/aromatic N) is 2. The molecule has 0 aliphatic rings. The maximum atomic E-state index is 11.9. The highest BCUT2D eigenvalue weighted by Crippen LogP contribution is 2.09. The lowest BCUT2D eigenvalue weighted by Crippen LogP contribution is -2.45. The zero-order valence-corrected chi connectivity index (χ0v) is 12.5. The summed E-state index contributed by atoms with van der Waals surface area (Å²) >= 11 is 1.46. The topological polar surface area (TPSA) is 93.3 Å². The van der Waals surface area contributed by atoms with E-state index in [1.54, 1.807) is 6.92 Å². The number of carbonyl (C=O) groups is 1. The van der Waals surface area contributed by atoms with Crippen molar-refractivity contribution in [3.8, 4) is 0 Å². The second kappa shape index (κ2) is 7.30. The standard InChI is InChI=1S/C12H19N3O4S/c1-8(9(7-16)20-3)13-10(17)6-15-5-4-11(18)14(2)12(15)19/h4-5,8-9,16H,6-7H2,1-3H3,(H,13,17). The van der Waals surface area contributed by atoms with Gasteiger partial charge in [0.05, 0.1) is 6.61 Å². The minimum atomic E-state index is -0.538. The van der Waals surface area contributed by atoms with Crippen LogP contribution in [0.15, 0.2) is 21.9 Å². The molecule has 2 atom stereocenters. The van der Waals surface area contributed by atoms with Gasteiger partial charge in [0.25, 0.3) is 5.56 Å². The van der Waals surface area contributed by atoms with Gasteiger partial charge in [0.2, 0.25) is 5.91 Å². The van der Waals surface area contributed by atoms with Crippen molar-refractivity contribution in [3.63, 3.8) is 0 Å². The number of aromatic nitrogens is 2. The molecular formula is C12H19N3O4S. The van der Waals surface area contributed by atoms with Crippen LogP contribution in [0, 0.1) is 0 Å². The lowest BCUT2D eigenvalue weighted by atomic mass is 10.2. The number of aliphatic hydroxyl groups excluding tert-OH is 1. The second-order valence-corrected chi connectivity index (χ2v) is 5.51. The number of rotatable bonds is 6. The van der Waals surface area contributed by atoms with Crippen molar-refractivity contribution in [2.75, 3.05) is 12.9 Å². The van der Waals surface area contributed by atoms with E-state index >= 15 is 0 Å². The number of nitrogens with one attached hydrogen (secondary N) is 1. The monoisotopic (exact) mass is 301 g/mol. The first kappa shape index (κ1) is 16.5. The summed E-state index contributed by atoms with van der Waals surface area (Å²) in [7, 11) is 1.36. The lowest BCUT2D eigenvalue weighted by Gasteiger charge is -2.21. The fourth-order valence-corrected chi connectivity index (χ4v) is 2.35. The Morgan fingerprint density at radius 1 is 1.50 bits per heavy atom. The molecule has 2 unspecified atom stereocenters. The molecule has 1 rings (SSSR count). The van der Waals surface area contributed by atoms with Gasteiger partial charge in [-0.05, 0) is 13.2 Å². The first-order valence-corrected chi connectivity index (χ1v) is 7.39. The minimum absolute atomic E-state index is 0.0393. The van der Waals surface area contributed by atoms with Crippen molar-refractivity contribution < 1.29 is 9.90 Å². The fourth-order valence-electron chi connectivity index (χ4n) is 1.72. The second-order valence-electron chi connectivity index (χ2n) is 4.44. The molecule has 20 heavy (non-hydrogen) atoms. The zero-order chi connectivity index (χ0) is 15.3. The van der Waals surface area contributed by atoms with E-state index in [-0.39, 0.29) is 30.4 Å². The quantitative estimate of drug-likeness (QED) is 0.687. The highest BCUT2D eigenvalue weighted by Gasteiger charge is 2.17. The molecule has 0 bridgehead atoms. The molecule has 0 aromatic carbocycles. The summed E-state index contributed by atoms with van der Waals surface area (Å²) in [5, 5.41) is 11.8. The lowest BCUT2D eigenvalue weighted by molar-refractivity contribution is -0.122. The molecule has 1 heterocycles. The molecule has 112 valence electrons. The molecule has 0 saturated carbocycles. The summed E-state index contributed by atoms with van der Waals surface area (Å²) in [5.41, 5.74) is -0.952. The number of thioether (sulfide) groups is 1. The Morgan fingerprint density at radius 2 is 2.15 bits per heavy atom. The molecule has 1 aromatic heterocycles. The Bertz CT molecular complexity index is 577. The van der Waals surface area contributed by atoms with E-state index in [9.17, 15) is 14.4 Å². The van der Waals surface area contributed by atoms with E-state index < -0.39 is 11.2 Å². The van der Waals surface area contributed by atoms with Gasteiger partial charge in [0.1, 0.15) is 6.54 Å². The smallest absolute Gasteiger partial charge is 0.331 e. The van der Waals surface area contributed by atoms with Crippen LogP contribution < -0.4 is 16.6 Å². The van der Waals surface area contributed by atoms with Crippen LogP contribution in [0.1, 0.15) is 6.92 Å². The molecular weight excluding hydrogens is 282 g/mol. The van der Waals surface area contributed by atoms with Crippen molar-refractivity contribution in [1.29, 1.82) is 0 Å². The number of amides is 1. The van der Waals surface area contributed by atoms with Crippen LogP contribution in [-0.4, -0.2) is 44.3 Å². The SMILES string of the molecule is CSC(CO)C(C)NC(=O)Cn1ccc(=O)n(C)c1=O. The van der Waals surface area contributed by atoms with Crippen molar-refractivity contribution >= 4 is 17.7 Å². The van der Waals surface area contributed by atoms with E-state index in [0.717, 1.165) is 9.13 Å². The van der Waals surface area contributed by atoms with E-state index in [4.69, 9.17) is 5.11 Å². The predicted molar refractivity (Wildman–Crippen MR) is 77.9 cm³/mol. The highest BCUT2D eigenvalue weighted by molar-refractivity contribution is 7.99. The maximum Gasteiger partial charge on any atom is 0.331 e. The van der Waals surface area contributed by atoms with Crippen LogP contribution in [0.3, 0.4) is 0 Å². The number of hydrogen-bond donors (Lipinski definition) is 2. The van der Waals surface area contributed by atoms with Crippen molar-refractivity contribution in [1.82, 2.24) is 14.5 Å². The van der Waals surface area contributed by atoms with Gasteiger partial charge < -0.3 is 10.4 Å². The van der Waals surface area contributed by atoms with E-state index in [2.05, 4.69) is 5.32 Å². The summed E-state index contributed by atoms with van der Waals surface area (Å²) in [5.74, 6) is -0.342. The van der Waals surface area contributed by atoms with Crippen LogP contribution in [0.5, 0.6) is 0 Å². The third-order valence-electron chi connectivity index (χ3n) is 3.00. The van der Waals surface area contributed by atoms with Crippen molar-refractivity contribution in [2.45, 2.75) is 24.8 Å². The Balaban J connectivity index is 2.75. The van der Waals surface area contributed by atoms with Crippen LogP contribution in [0.4, 0.5) is 0 Å². The highest BCUT2D eigenvalue weighted by atomic mass is 32.2. The van der Waals surface area contributed by atoms with Gasteiger partial charge in [-0.1, -0.05) is 0 Å². The molecule has 2 N–H and O–H groups in total. The molecule has 1 amide bonds. The molecule has 8 heteroatoms. The molecule has 0 aliphatic heterocycles. The Hall–Kier alpha value is -1.54. The Kier molecular flexibility index (Phi) is 6.03. The van der Waals surface area contributed by atoms with Gasteiger partial charge in [-0.2, -0.15) is 11.8 Å². The molecule has 0 radical (unpaired) electrons. The molecule has 0 spiro atoms. The Labute approximate surface area is 120 Å². The van der Waals surface area contributed by atoms with E-state index in [1.807, 2.05) is 6.26 Å². The Morgan fingerprint density at radius 3 is 2.70 bits per heavy atom. The molecule has 1 aromatic rings. The third-order valence-corrected chi connectivity index (χ3v) is 4.17. The summed E-state index contributed by atoms with van der Waals surface area (Å²) in [6.07, 6.45) is 3.15. The summed E-state index contributed by atoms with van der Waals surface area (Å²) in [6, 6.07) is 1.02. The van der Waals surface area contributed by atoms with Gasteiger partial charge in [-0.15, -0.1) is 0 Å².